The van der Waals surface area contributed by atoms with E-state index in [2.05, 4.69) is 4.79 Å². The quantitative estimate of drug-likeness (QED) is 0.170. The molecule has 0 spiro atoms. The predicted octanol–water partition coefficient (Wildman–Crippen LogP) is 3.24. The fourth-order valence-corrected chi connectivity index (χ4v) is 2.73. The number of nitrogens with zero attached hydrogens (tertiary/aromatic N) is 2. The maximum absolute atomic E-state index is 12.6. The maximum atomic E-state index is 12.6. The summed E-state index contributed by atoms with van der Waals surface area (Å²) in [5.41, 5.74) is 9.71. The van der Waals surface area contributed by atoms with Crippen LogP contribution >= 0.6 is 0 Å². The van der Waals surface area contributed by atoms with Crippen LogP contribution in [0.3, 0.4) is 0 Å². The van der Waals surface area contributed by atoms with Gasteiger partial charge in [0.15, 0.2) is 5.78 Å². The second-order valence-corrected chi connectivity index (χ2v) is 5.90. The molecule has 0 aliphatic heterocycles. The second kappa shape index (κ2) is 9.94. The first-order chi connectivity index (χ1) is 13.1. The molecule has 138 valence electrons. The molecule has 0 saturated carbocycles. The zero-order valence-corrected chi connectivity index (χ0v) is 15.0. The molecule has 0 aliphatic rings. The van der Waals surface area contributed by atoms with Gasteiger partial charge >= 0.3 is 11.7 Å². The van der Waals surface area contributed by atoms with E-state index in [-0.39, 0.29) is 25.2 Å². The van der Waals surface area contributed by atoms with Gasteiger partial charge in [-0.05, 0) is 18.4 Å². The van der Waals surface area contributed by atoms with E-state index in [4.69, 9.17) is 10.3 Å². The van der Waals surface area contributed by atoms with Crippen LogP contribution in [0.25, 0.3) is 5.53 Å². The average molecular weight is 364 g/mol. The van der Waals surface area contributed by atoms with Crippen molar-refractivity contribution in [2.75, 3.05) is 6.61 Å². The summed E-state index contributed by atoms with van der Waals surface area (Å²) >= 11 is 0. The third-order valence-electron chi connectivity index (χ3n) is 4.06. The van der Waals surface area contributed by atoms with E-state index < -0.39 is 23.4 Å². The first kappa shape index (κ1) is 19.9. The van der Waals surface area contributed by atoms with Crippen molar-refractivity contribution in [2.45, 2.75) is 25.7 Å². The summed E-state index contributed by atoms with van der Waals surface area (Å²) in [6, 6.07) is 17.9. The summed E-state index contributed by atoms with van der Waals surface area (Å²) < 4.78 is 4.74. The molecule has 0 aromatic heterocycles. The standard InChI is InChI=1S/C21H20N2O4/c1-2-27-21(26)20(23-22)19(25)14-17(15-9-5-3-6-10-15)13-18(24)16-11-7-4-8-12-16/h3-12,17H,2,13-14H2,1H3. The summed E-state index contributed by atoms with van der Waals surface area (Å²) in [6.45, 7) is 1.64. The Bertz CT molecular complexity index is 856. The molecule has 0 aliphatic carbocycles. The van der Waals surface area contributed by atoms with Gasteiger partial charge in [-0.25, -0.2) is 4.79 Å². The number of hydrogen-bond acceptors (Lipinski definition) is 4. The molecule has 0 N–H and O–H groups in total. The van der Waals surface area contributed by atoms with Crippen LogP contribution in [0.15, 0.2) is 60.7 Å². The van der Waals surface area contributed by atoms with Crippen LogP contribution in [0.1, 0.15) is 41.6 Å². The van der Waals surface area contributed by atoms with E-state index in [1.165, 1.54) is 0 Å². The molecule has 6 heteroatoms. The number of Topliss-reactive ketones (excluding diaryl/α,β-unsaturated/α-hetero) is 2. The van der Waals surface area contributed by atoms with E-state index in [1.807, 2.05) is 36.4 Å². The van der Waals surface area contributed by atoms with Crippen LogP contribution in [-0.2, 0) is 14.3 Å². The van der Waals surface area contributed by atoms with Crippen LogP contribution in [-0.4, -0.2) is 34.6 Å². The fraction of sp³-hybridized carbons (Fsp3) is 0.238. The Labute approximate surface area is 157 Å². The molecule has 0 radical (unpaired) electrons. The van der Waals surface area contributed by atoms with Crippen molar-refractivity contribution in [3.63, 3.8) is 0 Å². The lowest BCUT2D eigenvalue weighted by Crippen LogP contribution is -2.29. The number of carbonyl (C=O) groups excluding carboxylic acids is 3. The summed E-state index contributed by atoms with van der Waals surface area (Å²) in [5, 5.41) is 0. The topological polar surface area (TPSA) is 96.8 Å². The van der Waals surface area contributed by atoms with E-state index in [1.54, 1.807) is 31.2 Å². The lowest BCUT2D eigenvalue weighted by molar-refractivity contribution is -0.141. The van der Waals surface area contributed by atoms with Crippen molar-refractivity contribution < 1.29 is 23.9 Å². The number of carbonyl (C=O) groups is 3. The van der Waals surface area contributed by atoms with Gasteiger partial charge < -0.3 is 10.3 Å². The zero-order valence-electron chi connectivity index (χ0n) is 15.0. The Morgan fingerprint density at radius 2 is 1.56 bits per heavy atom. The van der Waals surface area contributed by atoms with Gasteiger partial charge in [0.25, 0.3) is 5.78 Å². The van der Waals surface area contributed by atoms with Gasteiger partial charge in [-0.2, -0.15) is 4.79 Å². The molecular weight excluding hydrogens is 344 g/mol. The number of ketones is 2. The number of esters is 1. The van der Waals surface area contributed by atoms with E-state index >= 15 is 0 Å². The molecule has 1 atom stereocenters. The molecule has 0 fully saturated rings. The highest BCUT2D eigenvalue weighted by molar-refractivity contribution is 6.62. The number of hydrogen-bond donors (Lipinski definition) is 0. The predicted molar refractivity (Wildman–Crippen MR) is 99.5 cm³/mol. The van der Waals surface area contributed by atoms with Crippen LogP contribution in [0.2, 0.25) is 0 Å². The first-order valence-electron chi connectivity index (χ1n) is 8.62. The molecule has 0 amide bonds. The molecular formula is C21H20N2O4. The Morgan fingerprint density at radius 3 is 2.11 bits per heavy atom. The Morgan fingerprint density at radius 1 is 0.963 bits per heavy atom. The van der Waals surface area contributed by atoms with Crippen molar-refractivity contribution >= 4 is 23.2 Å². The molecule has 1 unspecified atom stereocenters. The molecule has 0 heterocycles. The van der Waals surface area contributed by atoms with Crippen LogP contribution < -0.4 is 0 Å². The van der Waals surface area contributed by atoms with Gasteiger partial charge in [0, 0.05) is 18.4 Å². The largest absolute Gasteiger partial charge is 0.457 e. The van der Waals surface area contributed by atoms with Crippen molar-refractivity contribution in [1.29, 1.82) is 0 Å². The molecule has 0 saturated heterocycles. The molecule has 2 rings (SSSR count). The second-order valence-electron chi connectivity index (χ2n) is 5.90. The first-order valence-corrected chi connectivity index (χ1v) is 8.62. The summed E-state index contributed by atoms with van der Waals surface area (Å²) in [6.07, 6.45) is -0.0674. The Hall–Kier alpha value is -3.37. The number of ether oxygens (including phenoxy) is 1. The SMILES string of the molecule is CCOC(=O)C(=[N+]=[N-])C(=O)CC(CC(=O)c1ccccc1)c1ccccc1. The van der Waals surface area contributed by atoms with Crippen molar-refractivity contribution in [1.82, 2.24) is 0 Å². The van der Waals surface area contributed by atoms with Gasteiger partial charge in [-0.3, -0.25) is 9.59 Å². The highest BCUT2D eigenvalue weighted by atomic mass is 16.5. The van der Waals surface area contributed by atoms with E-state index in [0.29, 0.717) is 5.56 Å². The molecule has 6 nitrogen and oxygen atoms in total. The van der Waals surface area contributed by atoms with Crippen molar-refractivity contribution in [2.24, 2.45) is 0 Å². The number of benzene rings is 2. The van der Waals surface area contributed by atoms with E-state index in [0.717, 1.165) is 5.56 Å². The highest BCUT2D eigenvalue weighted by Crippen LogP contribution is 2.26. The van der Waals surface area contributed by atoms with Gasteiger partial charge in [-0.15, -0.1) is 0 Å². The van der Waals surface area contributed by atoms with Crippen LogP contribution in [0.5, 0.6) is 0 Å². The minimum absolute atomic E-state index is 0.0553. The summed E-state index contributed by atoms with van der Waals surface area (Å²) in [7, 11) is 0. The van der Waals surface area contributed by atoms with Crippen LogP contribution in [0.4, 0.5) is 0 Å². The average Bonchev–Trinajstić information content (AvgIpc) is 2.69. The zero-order chi connectivity index (χ0) is 19.6. The normalized spacial score (nSPS) is 11.1. The van der Waals surface area contributed by atoms with Gasteiger partial charge in [0.2, 0.25) is 0 Å². The third kappa shape index (κ3) is 5.56. The maximum Gasteiger partial charge on any atom is 0.441 e. The van der Waals surface area contributed by atoms with Gasteiger partial charge in [-0.1, -0.05) is 60.7 Å². The summed E-state index contributed by atoms with van der Waals surface area (Å²) in [5.74, 6) is -2.23. The monoisotopic (exact) mass is 364 g/mol. The molecule has 27 heavy (non-hydrogen) atoms. The van der Waals surface area contributed by atoms with Crippen molar-refractivity contribution in [3.05, 3.63) is 77.3 Å². The fourth-order valence-electron chi connectivity index (χ4n) is 2.73. The lowest BCUT2D eigenvalue weighted by Gasteiger charge is -2.15. The highest BCUT2D eigenvalue weighted by Gasteiger charge is 2.33. The third-order valence-corrected chi connectivity index (χ3v) is 4.06. The summed E-state index contributed by atoms with van der Waals surface area (Å²) in [4.78, 5) is 39.7. The minimum Gasteiger partial charge on any atom is -0.457 e. The Balaban J connectivity index is 2.23. The van der Waals surface area contributed by atoms with Crippen LogP contribution in [0, 0.1) is 0 Å². The lowest BCUT2D eigenvalue weighted by atomic mass is 9.87. The Kier molecular flexibility index (Phi) is 7.35. The van der Waals surface area contributed by atoms with Gasteiger partial charge in [0.1, 0.15) is 0 Å². The minimum atomic E-state index is -0.980. The van der Waals surface area contributed by atoms with E-state index in [9.17, 15) is 14.4 Å². The van der Waals surface area contributed by atoms with Crippen molar-refractivity contribution in [3.8, 4) is 0 Å². The molecule has 2 aromatic carbocycles. The van der Waals surface area contributed by atoms with Gasteiger partial charge in [0.05, 0.1) is 6.61 Å². The molecule has 0 bridgehead atoms. The molecule has 2 aromatic rings. The number of rotatable bonds is 9. The smallest absolute Gasteiger partial charge is 0.441 e.